The van der Waals surface area contributed by atoms with E-state index in [4.69, 9.17) is 0 Å². The highest BCUT2D eigenvalue weighted by Crippen LogP contribution is 2.59. The second-order valence-corrected chi connectivity index (χ2v) is 10.5. The van der Waals surface area contributed by atoms with Crippen molar-refractivity contribution < 1.29 is 4.79 Å². The lowest BCUT2D eigenvalue weighted by molar-refractivity contribution is -0.123. The summed E-state index contributed by atoms with van der Waals surface area (Å²) in [5.74, 6) is 2.57. The molecule has 1 N–H and O–H groups in total. The van der Waals surface area contributed by atoms with Gasteiger partial charge in [0.15, 0.2) is 0 Å². The molecule has 2 aromatic heterocycles. The van der Waals surface area contributed by atoms with Crippen LogP contribution in [0.3, 0.4) is 0 Å². The number of aryl methyl sites for hydroxylation is 2. The zero-order valence-corrected chi connectivity index (χ0v) is 16.9. The number of thiophene rings is 1. The highest BCUT2D eigenvalue weighted by Gasteiger charge is 2.50. The highest BCUT2D eigenvalue weighted by molar-refractivity contribution is 7.18. The van der Waals surface area contributed by atoms with Crippen molar-refractivity contribution in [2.75, 3.05) is 6.54 Å². The molecule has 0 aromatic carbocycles. The van der Waals surface area contributed by atoms with Crippen LogP contribution < -0.4 is 10.9 Å². The number of carbonyl (C=O) groups excluding carboxylic acids is 1. The highest BCUT2D eigenvalue weighted by atomic mass is 32.1. The Morgan fingerprint density at radius 3 is 2.48 bits per heavy atom. The van der Waals surface area contributed by atoms with Crippen LogP contribution in [-0.2, 0) is 11.3 Å². The first-order chi connectivity index (χ1) is 12.9. The summed E-state index contributed by atoms with van der Waals surface area (Å²) in [5.41, 5.74) is 1.20. The van der Waals surface area contributed by atoms with Gasteiger partial charge in [-0.2, -0.15) is 0 Å². The van der Waals surface area contributed by atoms with E-state index in [1.165, 1.54) is 60.8 Å². The predicted molar refractivity (Wildman–Crippen MR) is 107 cm³/mol. The zero-order valence-electron chi connectivity index (χ0n) is 16.1. The smallest absolute Gasteiger partial charge is 0.262 e. The van der Waals surface area contributed by atoms with Gasteiger partial charge in [-0.1, -0.05) is 0 Å². The number of hydrogen-bond acceptors (Lipinski definition) is 4. The van der Waals surface area contributed by atoms with Gasteiger partial charge in [0.1, 0.15) is 11.4 Å². The molecule has 27 heavy (non-hydrogen) atoms. The van der Waals surface area contributed by atoms with E-state index in [0.29, 0.717) is 10.8 Å². The first-order valence-corrected chi connectivity index (χ1v) is 11.0. The average Bonchev–Trinajstić information content (AvgIpc) is 2.90. The van der Waals surface area contributed by atoms with Crippen LogP contribution in [0.15, 0.2) is 11.1 Å². The molecule has 0 aliphatic heterocycles. The fourth-order valence-corrected chi connectivity index (χ4v) is 7.37. The predicted octanol–water partition coefficient (Wildman–Crippen LogP) is 3.41. The van der Waals surface area contributed by atoms with Crippen molar-refractivity contribution in [3.63, 3.8) is 0 Å². The van der Waals surface area contributed by atoms with Gasteiger partial charge in [0.25, 0.3) is 5.56 Å². The molecular weight excluding hydrogens is 358 g/mol. The molecule has 0 spiro atoms. The molecule has 4 fully saturated rings. The Labute approximate surface area is 163 Å². The number of aromatic nitrogens is 2. The minimum atomic E-state index is -0.105. The molecule has 6 rings (SSSR count). The Kier molecular flexibility index (Phi) is 3.97. The fourth-order valence-electron chi connectivity index (χ4n) is 6.39. The Hall–Kier alpha value is -1.69. The molecule has 6 heteroatoms. The number of carbonyl (C=O) groups is 1. The minimum absolute atomic E-state index is 0.0580. The summed E-state index contributed by atoms with van der Waals surface area (Å²) >= 11 is 1.54. The summed E-state index contributed by atoms with van der Waals surface area (Å²) in [4.78, 5) is 31.6. The van der Waals surface area contributed by atoms with Gasteiger partial charge in [-0.25, -0.2) is 4.98 Å². The van der Waals surface area contributed by atoms with Gasteiger partial charge < -0.3 is 5.32 Å². The second kappa shape index (κ2) is 6.16. The molecule has 5 nitrogen and oxygen atoms in total. The van der Waals surface area contributed by atoms with E-state index in [1.807, 2.05) is 13.8 Å². The number of nitrogens with one attached hydrogen (secondary N) is 1. The van der Waals surface area contributed by atoms with E-state index < -0.39 is 0 Å². The van der Waals surface area contributed by atoms with Crippen molar-refractivity contribution in [3.8, 4) is 0 Å². The van der Waals surface area contributed by atoms with E-state index in [0.717, 1.165) is 39.6 Å². The molecule has 2 heterocycles. The van der Waals surface area contributed by atoms with Crippen LogP contribution in [0.25, 0.3) is 10.2 Å². The summed E-state index contributed by atoms with van der Waals surface area (Å²) in [7, 11) is 0. The summed E-state index contributed by atoms with van der Waals surface area (Å²) in [5, 5.41) is 3.82. The van der Waals surface area contributed by atoms with E-state index in [9.17, 15) is 9.59 Å². The van der Waals surface area contributed by atoms with Gasteiger partial charge in [0.05, 0.1) is 11.7 Å². The third kappa shape index (κ3) is 2.93. The Balaban J connectivity index is 1.29. The normalized spacial score (nSPS) is 31.6. The molecule has 4 saturated carbocycles. The summed E-state index contributed by atoms with van der Waals surface area (Å²) < 4.78 is 1.45. The number of rotatable bonds is 4. The van der Waals surface area contributed by atoms with E-state index in [2.05, 4.69) is 10.3 Å². The monoisotopic (exact) mass is 385 g/mol. The second-order valence-electron chi connectivity index (χ2n) is 9.34. The maximum absolute atomic E-state index is 12.8. The van der Waals surface area contributed by atoms with Crippen molar-refractivity contribution in [1.29, 1.82) is 0 Å². The molecule has 144 valence electrons. The lowest BCUT2D eigenvalue weighted by atomic mass is 9.49. The largest absolute Gasteiger partial charge is 0.354 e. The first kappa shape index (κ1) is 17.4. The van der Waals surface area contributed by atoms with Crippen molar-refractivity contribution in [3.05, 3.63) is 27.1 Å². The topological polar surface area (TPSA) is 64.0 Å². The lowest BCUT2D eigenvalue weighted by Crippen LogP contribution is -2.51. The zero-order chi connectivity index (χ0) is 18.8. The Bertz CT molecular complexity index is 938. The number of nitrogens with zero attached hydrogens (tertiary/aromatic N) is 2. The maximum atomic E-state index is 12.8. The summed E-state index contributed by atoms with van der Waals surface area (Å²) in [6.45, 7) is 4.79. The van der Waals surface area contributed by atoms with Crippen LogP contribution in [-0.4, -0.2) is 22.0 Å². The Morgan fingerprint density at radius 1 is 1.22 bits per heavy atom. The first-order valence-electron chi connectivity index (χ1n) is 10.1. The van der Waals surface area contributed by atoms with E-state index in [-0.39, 0.29) is 18.0 Å². The molecule has 1 amide bonds. The SMILES string of the molecule is Cc1sc2ncn(CC(=O)NCC34CC5CC(CC(C5)C3)C4)c(=O)c2c1C. The van der Waals surface area contributed by atoms with Gasteiger partial charge >= 0.3 is 0 Å². The lowest BCUT2D eigenvalue weighted by Gasteiger charge is -2.56. The van der Waals surface area contributed by atoms with Crippen molar-refractivity contribution >= 4 is 27.5 Å². The molecule has 2 aromatic rings. The molecule has 4 aliphatic rings. The standard InChI is InChI=1S/C21H27N3O2S/c1-12-13(2)27-19-18(12)20(26)24(11-23-19)9-17(25)22-10-21-6-14-3-15(7-21)5-16(4-14)8-21/h11,14-16H,3-10H2,1-2H3,(H,22,25). The molecule has 0 saturated heterocycles. The number of fused-ring (bicyclic) bond motifs is 1. The van der Waals surface area contributed by atoms with Gasteiger partial charge in [0.2, 0.25) is 5.91 Å². The summed E-state index contributed by atoms with van der Waals surface area (Å²) in [6.07, 6.45) is 9.58. The van der Waals surface area contributed by atoms with Crippen molar-refractivity contribution in [1.82, 2.24) is 14.9 Å². The van der Waals surface area contributed by atoms with E-state index >= 15 is 0 Å². The quantitative estimate of drug-likeness (QED) is 0.877. The number of hydrogen-bond donors (Lipinski definition) is 1. The molecule has 0 unspecified atom stereocenters. The van der Waals surface area contributed by atoms with Crippen LogP contribution in [0, 0.1) is 37.0 Å². The van der Waals surface area contributed by atoms with Gasteiger partial charge in [-0.3, -0.25) is 14.2 Å². The van der Waals surface area contributed by atoms with E-state index in [1.54, 1.807) is 0 Å². The molecular formula is C21H27N3O2S. The molecule has 0 atom stereocenters. The van der Waals surface area contributed by atoms with Gasteiger partial charge in [-0.15, -0.1) is 11.3 Å². The van der Waals surface area contributed by atoms with Gasteiger partial charge in [-0.05, 0) is 81.1 Å². The maximum Gasteiger partial charge on any atom is 0.262 e. The average molecular weight is 386 g/mol. The third-order valence-corrected chi connectivity index (χ3v) is 8.41. The fraction of sp³-hybridized carbons (Fsp3) is 0.667. The van der Waals surface area contributed by atoms with Crippen molar-refractivity contribution in [2.24, 2.45) is 23.2 Å². The summed E-state index contributed by atoms with van der Waals surface area (Å²) in [6, 6.07) is 0. The number of amides is 1. The van der Waals surface area contributed by atoms with Crippen LogP contribution in [0.5, 0.6) is 0 Å². The van der Waals surface area contributed by atoms with Crippen LogP contribution in [0.1, 0.15) is 49.0 Å². The molecule has 0 radical (unpaired) electrons. The van der Waals surface area contributed by atoms with Crippen LogP contribution in [0.2, 0.25) is 0 Å². The molecule has 4 bridgehead atoms. The van der Waals surface area contributed by atoms with Crippen LogP contribution >= 0.6 is 11.3 Å². The third-order valence-electron chi connectivity index (χ3n) is 7.30. The molecule has 4 aliphatic carbocycles. The Morgan fingerprint density at radius 2 is 1.85 bits per heavy atom. The van der Waals surface area contributed by atoms with Gasteiger partial charge in [0, 0.05) is 11.4 Å². The van der Waals surface area contributed by atoms with Crippen LogP contribution in [0.4, 0.5) is 0 Å². The van der Waals surface area contributed by atoms with Crippen molar-refractivity contribution in [2.45, 2.75) is 58.9 Å². The minimum Gasteiger partial charge on any atom is -0.354 e.